The third-order valence-electron chi connectivity index (χ3n) is 2.74. The minimum absolute atomic E-state index is 0.0643. The quantitative estimate of drug-likeness (QED) is 0.501. The Labute approximate surface area is 141 Å². The smallest absolute Gasteiger partial charge is 0.376 e. The second-order valence-corrected chi connectivity index (χ2v) is 10.8. The fraction of sp³-hybridized carbons (Fsp3) is 0.250. The molecule has 2 rings (SSSR count). The summed E-state index contributed by atoms with van der Waals surface area (Å²) >= 11 is 0. The molecular weight excluding hydrogens is 322 g/mol. The Morgan fingerprint density at radius 2 is 1.83 bits per heavy atom. The van der Waals surface area contributed by atoms with Gasteiger partial charge in [0.15, 0.2) is 0 Å². The molecule has 0 amide bonds. The van der Waals surface area contributed by atoms with Crippen molar-refractivity contribution in [3.05, 3.63) is 35.7 Å². The van der Waals surface area contributed by atoms with Gasteiger partial charge >= 0.3 is 5.97 Å². The van der Waals surface area contributed by atoms with Gasteiger partial charge in [0.05, 0.1) is 7.11 Å². The molecule has 0 saturated carbocycles. The molecule has 3 N–H and O–H groups in total. The summed E-state index contributed by atoms with van der Waals surface area (Å²) in [5, 5.41) is 2.97. The van der Waals surface area contributed by atoms with Gasteiger partial charge in [-0.05, 0) is 24.3 Å². The summed E-state index contributed by atoms with van der Waals surface area (Å²) < 4.78 is 4.58. The first kappa shape index (κ1) is 17.4. The Morgan fingerprint density at radius 3 is 2.42 bits per heavy atom. The van der Waals surface area contributed by atoms with Crippen LogP contribution in [0.5, 0.6) is 0 Å². The van der Waals surface area contributed by atoms with E-state index in [0.717, 1.165) is 11.3 Å². The van der Waals surface area contributed by atoms with E-state index in [1.807, 2.05) is 24.3 Å². The van der Waals surface area contributed by atoms with E-state index < -0.39 is 14.0 Å². The lowest BCUT2D eigenvalue weighted by molar-refractivity contribution is 0.0586. The molecule has 124 valence electrons. The van der Waals surface area contributed by atoms with Crippen molar-refractivity contribution in [2.45, 2.75) is 19.6 Å². The summed E-state index contributed by atoms with van der Waals surface area (Å²) in [6.45, 7) is 6.58. The second kappa shape index (κ2) is 7.10. The predicted molar refractivity (Wildman–Crippen MR) is 95.5 cm³/mol. The van der Waals surface area contributed by atoms with E-state index in [0.29, 0.717) is 0 Å². The molecule has 1 aromatic carbocycles. The number of nitrogens with one attached hydrogen (secondary N) is 1. The number of rotatable bonds is 3. The summed E-state index contributed by atoms with van der Waals surface area (Å²) in [5.41, 5.74) is 10.6. The van der Waals surface area contributed by atoms with Crippen LogP contribution in [0.25, 0.3) is 0 Å². The monoisotopic (exact) mass is 341 g/mol. The summed E-state index contributed by atoms with van der Waals surface area (Å²) in [5.74, 6) is 2.46. The predicted octanol–water partition coefficient (Wildman–Crippen LogP) is 2.21. The number of methoxy groups -OCH3 is 1. The number of anilines is 3. The van der Waals surface area contributed by atoms with Crippen molar-refractivity contribution in [1.82, 2.24) is 15.0 Å². The molecule has 1 heterocycles. The normalized spacial score (nSPS) is 10.5. The average Bonchev–Trinajstić information content (AvgIpc) is 2.52. The highest BCUT2D eigenvalue weighted by Crippen LogP contribution is 2.14. The number of hydrogen-bond donors (Lipinski definition) is 2. The van der Waals surface area contributed by atoms with Crippen LogP contribution in [0, 0.1) is 11.5 Å². The van der Waals surface area contributed by atoms with E-state index in [1.54, 1.807) is 0 Å². The minimum Gasteiger partial charge on any atom is -0.463 e. The topological polar surface area (TPSA) is 103 Å². The van der Waals surface area contributed by atoms with E-state index >= 15 is 0 Å². The van der Waals surface area contributed by atoms with E-state index in [2.05, 4.69) is 56.1 Å². The Bertz CT molecular complexity index is 804. The van der Waals surface area contributed by atoms with Gasteiger partial charge in [0.25, 0.3) is 0 Å². The zero-order valence-electron chi connectivity index (χ0n) is 14.0. The largest absolute Gasteiger partial charge is 0.463 e. The van der Waals surface area contributed by atoms with E-state index in [1.165, 1.54) is 7.11 Å². The molecule has 0 atom stereocenters. The number of esters is 1. The molecule has 0 spiro atoms. The highest BCUT2D eigenvalue weighted by atomic mass is 28.3. The van der Waals surface area contributed by atoms with Gasteiger partial charge in [-0.1, -0.05) is 25.6 Å². The first-order chi connectivity index (χ1) is 11.3. The van der Waals surface area contributed by atoms with Gasteiger partial charge in [-0.2, -0.15) is 15.0 Å². The lowest BCUT2D eigenvalue weighted by atomic mass is 10.2. The molecule has 0 aliphatic heterocycles. The van der Waals surface area contributed by atoms with Crippen LogP contribution in [-0.2, 0) is 4.74 Å². The number of nitrogen functional groups attached to an aromatic ring is 1. The lowest BCUT2D eigenvalue weighted by Crippen LogP contribution is -2.16. The van der Waals surface area contributed by atoms with Gasteiger partial charge in [-0.3, -0.25) is 0 Å². The average molecular weight is 341 g/mol. The number of aromatic nitrogens is 3. The van der Waals surface area contributed by atoms with Gasteiger partial charge in [0, 0.05) is 11.3 Å². The molecule has 1 aromatic heterocycles. The lowest BCUT2D eigenvalue weighted by Gasteiger charge is -2.07. The SMILES string of the molecule is COC(=O)c1nc(N)nc(Nc2ccc(C#C[Si](C)(C)C)cc2)n1. The second-order valence-electron chi connectivity index (χ2n) is 6.03. The van der Waals surface area contributed by atoms with Crippen molar-refractivity contribution in [2.24, 2.45) is 0 Å². The van der Waals surface area contributed by atoms with Crippen LogP contribution in [0.4, 0.5) is 17.6 Å². The number of benzene rings is 1. The maximum Gasteiger partial charge on any atom is 0.376 e. The maximum atomic E-state index is 11.5. The standard InChI is InChI=1S/C16H19N5O2Si/c1-23-14(22)13-19-15(17)21-16(20-13)18-12-7-5-11(6-8-12)9-10-24(2,3)4/h5-8H,1-4H3,(H3,17,18,19,20,21). The highest BCUT2D eigenvalue weighted by Gasteiger charge is 2.13. The molecule has 0 aliphatic rings. The molecule has 0 aliphatic carbocycles. The summed E-state index contributed by atoms with van der Waals surface area (Å²) in [6, 6.07) is 7.51. The van der Waals surface area contributed by atoms with Gasteiger partial charge in [0.2, 0.25) is 17.7 Å². The first-order valence-corrected chi connectivity index (χ1v) is 10.8. The molecular formula is C16H19N5O2Si. The molecule has 0 saturated heterocycles. The van der Waals surface area contributed by atoms with E-state index in [4.69, 9.17) is 5.73 Å². The maximum absolute atomic E-state index is 11.5. The molecule has 2 aromatic rings. The molecule has 0 unspecified atom stereocenters. The van der Waals surface area contributed by atoms with Crippen LogP contribution in [-0.4, -0.2) is 36.1 Å². The van der Waals surface area contributed by atoms with Crippen molar-refractivity contribution < 1.29 is 9.53 Å². The van der Waals surface area contributed by atoms with Gasteiger partial charge in [-0.15, -0.1) is 5.54 Å². The summed E-state index contributed by atoms with van der Waals surface area (Å²) in [4.78, 5) is 23.2. The van der Waals surface area contributed by atoms with E-state index in [9.17, 15) is 4.79 Å². The molecule has 0 fully saturated rings. The molecule has 0 radical (unpaired) electrons. The number of carbonyl (C=O) groups excluding carboxylic acids is 1. The zero-order chi connectivity index (χ0) is 17.7. The highest BCUT2D eigenvalue weighted by molar-refractivity contribution is 6.83. The van der Waals surface area contributed by atoms with Gasteiger partial charge in [0.1, 0.15) is 8.07 Å². The number of nitrogens with two attached hydrogens (primary N) is 1. The van der Waals surface area contributed by atoms with Gasteiger partial charge < -0.3 is 15.8 Å². The third kappa shape index (κ3) is 5.07. The van der Waals surface area contributed by atoms with Crippen LogP contribution in [0.2, 0.25) is 19.6 Å². The van der Waals surface area contributed by atoms with Crippen molar-refractivity contribution in [1.29, 1.82) is 0 Å². The molecule has 7 nitrogen and oxygen atoms in total. The zero-order valence-corrected chi connectivity index (χ0v) is 15.0. The Morgan fingerprint density at radius 1 is 1.17 bits per heavy atom. The first-order valence-electron chi connectivity index (χ1n) is 7.27. The Balaban J connectivity index is 2.18. The molecule has 0 bridgehead atoms. The number of ether oxygens (including phenoxy) is 1. The summed E-state index contributed by atoms with van der Waals surface area (Å²) in [6.07, 6.45) is 0. The minimum atomic E-state index is -1.40. The Kier molecular flexibility index (Phi) is 5.16. The van der Waals surface area contributed by atoms with Crippen LogP contribution in [0.1, 0.15) is 16.2 Å². The number of carbonyl (C=O) groups is 1. The summed E-state index contributed by atoms with van der Waals surface area (Å²) in [7, 11) is -0.157. The number of nitrogens with zero attached hydrogens (tertiary/aromatic N) is 3. The molecule has 24 heavy (non-hydrogen) atoms. The number of hydrogen-bond acceptors (Lipinski definition) is 7. The van der Waals surface area contributed by atoms with Crippen molar-refractivity contribution in [3.63, 3.8) is 0 Å². The van der Waals surface area contributed by atoms with E-state index in [-0.39, 0.29) is 17.7 Å². The third-order valence-corrected chi connectivity index (χ3v) is 3.62. The fourth-order valence-electron chi connectivity index (χ4n) is 1.66. The van der Waals surface area contributed by atoms with Crippen molar-refractivity contribution >= 4 is 31.6 Å². The van der Waals surface area contributed by atoms with Crippen LogP contribution in [0.15, 0.2) is 24.3 Å². The Hall–Kier alpha value is -2.92. The van der Waals surface area contributed by atoms with Gasteiger partial charge in [-0.25, -0.2) is 4.79 Å². The molecule has 8 heteroatoms. The van der Waals surface area contributed by atoms with Crippen molar-refractivity contribution in [2.75, 3.05) is 18.2 Å². The van der Waals surface area contributed by atoms with Crippen LogP contribution >= 0.6 is 0 Å². The van der Waals surface area contributed by atoms with Crippen LogP contribution in [0.3, 0.4) is 0 Å². The fourth-order valence-corrected chi connectivity index (χ4v) is 2.18. The van der Waals surface area contributed by atoms with Crippen molar-refractivity contribution in [3.8, 4) is 11.5 Å². The van der Waals surface area contributed by atoms with Crippen LogP contribution < -0.4 is 11.1 Å².